The topological polar surface area (TPSA) is 29.9 Å². The van der Waals surface area contributed by atoms with E-state index in [1.165, 1.54) is 44.2 Å². The molecule has 0 amide bonds. The van der Waals surface area contributed by atoms with E-state index < -0.39 is 0 Å². The lowest BCUT2D eigenvalue weighted by molar-refractivity contribution is 0.214. The van der Waals surface area contributed by atoms with Gasteiger partial charge in [0.25, 0.3) is 0 Å². The molecule has 0 radical (unpaired) electrons. The summed E-state index contributed by atoms with van der Waals surface area (Å²) < 4.78 is 1.99. The molecule has 1 aromatic rings. The van der Waals surface area contributed by atoms with E-state index in [0.29, 0.717) is 11.8 Å². The van der Waals surface area contributed by atoms with E-state index in [1.54, 1.807) is 6.20 Å². The number of nitrogens with one attached hydrogen (secondary N) is 1. The SMILES string of the molecule is CCCNCC1CCC(CCC)CC1c1c(Cl)cnn1C. The number of hydrogen-bond donors (Lipinski definition) is 1. The van der Waals surface area contributed by atoms with Crippen LogP contribution in [0, 0.1) is 11.8 Å². The van der Waals surface area contributed by atoms with Crippen molar-refractivity contribution in [1.82, 2.24) is 15.1 Å². The first kappa shape index (κ1) is 16.8. The van der Waals surface area contributed by atoms with Gasteiger partial charge in [0.05, 0.1) is 16.9 Å². The number of hydrogen-bond acceptors (Lipinski definition) is 2. The molecule has 0 aliphatic heterocycles. The van der Waals surface area contributed by atoms with Crippen molar-refractivity contribution < 1.29 is 0 Å². The molecule has 1 fully saturated rings. The number of rotatable bonds is 7. The van der Waals surface area contributed by atoms with Gasteiger partial charge in [-0.3, -0.25) is 4.68 Å². The molecule has 1 N–H and O–H groups in total. The highest BCUT2D eigenvalue weighted by atomic mass is 35.5. The summed E-state index contributed by atoms with van der Waals surface area (Å²) in [4.78, 5) is 0. The van der Waals surface area contributed by atoms with Crippen molar-refractivity contribution in [2.45, 2.75) is 58.3 Å². The largest absolute Gasteiger partial charge is 0.316 e. The third kappa shape index (κ3) is 4.23. The molecule has 0 spiro atoms. The number of halogens is 1. The third-order valence-corrected chi connectivity index (χ3v) is 5.21. The van der Waals surface area contributed by atoms with Gasteiger partial charge in [-0.05, 0) is 44.2 Å². The lowest BCUT2D eigenvalue weighted by Crippen LogP contribution is -2.33. The van der Waals surface area contributed by atoms with Gasteiger partial charge in [0.2, 0.25) is 0 Å². The Bertz CT molecular complexity index is 410. The number of aryl methyl sites for hydroxylation is 1. The van der Waals surface area contributed by atoms with Crippen LogP contribution >= 0.6 is 11.6 Å². The summed E-state index contributed by atoms with van der Waals surface area (Å²) in [7, 11) is 2.03. The van der Waals surface area contributed by atoms with Crippen molar-refractivity contribution >= 4 is 11.6 Å². The van der Waals surface area contributed by atoms with E-state index in [9.17, 15) is 0 Å². The van der Waals surface area contributed by atoms with Crippen molar-refractivity contribution in [2.24, 2.45) is 18.9 Å². The van der Waals surface area contributed by atoms with Crippen LogP contribution in [0.15, 0.2) is 6.20 Å². The molecule has 1 saturated carbocycles. The molecule has 3 nitrogen and oxygen atoms in total. The van der Waals surface area contributed by atoms with E-state index in [4.69, 9.17) is 11.6 Å². The lowest BCUT2D eigenvalue weighted by atomic mass is 9.71. The summed E-state index contributed by atoms with van der Waals surface area (Å²) in [5, 5.41) is 8.81. The maximum absolute atomic E-state index is 6.43. The molecule has 0 aromatic carbocycles. The van der Waals surface area contributed by atoms with Crippen LogP contribution in [0.1, 0.15) is 64.0 Å². The average Bonchev–Trinajstić information content (AvgIpc) is 2.80. The van der Waals surface area contributed by atoms with Crippen LogP contribution < -0.4 is 5.32 Å². The van der Waals surface area contributed by atoms with Crippen LogP contribution in [-0.2, 0) is 7.05 Å². The summed E-state index contributed by atoms with van der Waals surface area (Å²) >= 11 is 6.43. The van der Waals surface area contributed by atoms with Crippen LogP contribution in [0.3, 0.4) is 0 Å². The summed E-state index contributed by atoms with van der Waals surface area (Å²) in [6.07, 6.45) is 9.59. The lowest BCUT2D eigenvalue weighted by Gasteiger charge is -2.36. The molecule has 1 aliphatic carbocycles. The second-order valence-corrected chi connectivity index (χ2v) is 6.95. The maximum Gasteiger partial charge on any atom is 0.0820 e. The van der Waals surface area contributed by atoms with Gasteiger partial charge in [0.1, 0.15) is 0 Å². The zero-order valence-electron chi connectivity index (χ0n) is 13.7. The van der Waals surface area contributed by atoms with Crippen LogP contribution in [-0.4, -0.2) is 22.9 Å². The Labute approximate surface area is 134 Å². The standard InChI is InChI=1S/C17H30ClN3/c1-4-6-13-7-8-14(11-19-9-5-2)15(10-13)17-16(18)12-20-21(17)3/h12-15,19H,4-11H2,1-3H3. The number of nitrogens with zero attached hydrogens (tertiary/aromatic N) is 2. The van der Waals surface area contributed by atoms with Crippen LogP contribution in [0.4, 0.5) is 0 Å². The highest BCUT2D eigenvalue weighted by Crippen LogP contribution is 2.43. The molecule has 4 heteroatoms. The second kappa shape index (κ2) is 8.19. The fourth-order valence-electron chi connectivity index (χ4n) is 3.87. The van der Waals surface area contributed by atoms with Crippen molar-refractivity contribution in [3.8, 4) is 0 Å². The molecule has 120 valence electrons. The van der Waals surface area contributed by atoms with E-state index in [1.807, 2.05) is 11.7 Å². The zero-order chi connectivity index (χ0) is 15.2. The molecular formula is C17H30ClN3. The van der Waals surface area contributed by atoms with Crippen molar-refractivity contribution in [3.05, 3.63) is 16.9 Å². The molecule has 1 heterocycles. The molecular weight excluding hydrogens is 282 g/mol. The fourth-order valence-corrected chi connectivity index (χ4v) is 4.18. The first-order valence-corrected chi connectivity index (χ1v) is 8.93. The molecule has 2 rings (SSSR count). The minimum absolute atomic E-state index is 0.555. The van der Waals surface area contributed by atoms with Gasteiger partial charge >= 0.3 is 0 Å². The van der Waals surface area contributed by atoms with Gasteiger partial charge in [0.15, 0.2) is 0 Å². The van der Waals surface area contributed by atoms with Gasteiger partial charge in [-0.15, -0.1) is 0 Å². The van der Waals surface area contributed by atoms with Crippen molar-refractivity contribution in [3.63, 3.8) is 0 Å². The first-order valence-electron chi connectivity index (χ1n) is 8.55. The Balaban J connectivity index is 2.12. The highest BCUT2D eigenvalue weighted by molar-refractivity contribution is 6.31. The fraction of sp³-hybridized carbons (Fsp3) is 0.824. The number of aromatic nitrogens is 2. The molecule has 0 saturated heterocycles. The van der Waals surface area contributed by atoms with Gasteiger partial charge < -0.3 is 5.32 Å². The molecule has 1 aromatic heterocycles. The van der Waals surface area contributed by atoms with Crippen LogP contribution in [0.5, 0.6) is 0 Å². The predicted molar refractivity (Wildman–Crippen MR) is 89.9 cm³/mol. The van der Waals surface area contributed by atoms with Gasteiger partial charge in [-0.1, -0.05) is 44.7 Å². The van der Waals surface area contributed by atoms with Crippen LogP contribution in [0.25, 0.3) is 0 Å². The van der Waals surface area contributed by atoms with Crippen LogP contribution in [0.2, 0.25) is 5.02 Å². The van der Waals surface area contributed by atoms with Gasteiger partial charge in [-0.2, -0.15) is 5.10 Å². The average molecular weight is 312 g/mol. The Morgan fingerprint density at radius 3 is 2.76 bits per heavy atom. The summed E-state index contributed by atoms with van der Waals surface area (Å²) in [5.74, 6) is 2.10. The monoisotopic (exact) mass is 311 g/mol. The Kier molecular flexibility index (Phi) is 6.56. The Morgan fingerprint density at radius 1 is 1.33 bits per heavy atom. The molecule has 3 atom stereocenters. The van der Waals surface area contributed by atoms with E-state index in [2.05, 4.69) is 24.3 Å². The normalized spacial score (nSPS) is 26.2. The molecule has 3 unspecified atom stereocenters. The second-order valence-electron chi connectivity index (χ2n) is 6.54. The van der Waals surface area contributed by atoms with Crippen molar-refractivity contribution in [1.29, 1.82) is 0 Å². The maximum atomic E-state index is 6.43. The predicted octanol–water partition coefficient (Wildman–Crippen LogP) is 4.37. The minimum atomic E-state index is 0.555. The Hall–Kier alpha value is -0.540. The minimum Gasteiger partial charge on any atom is -0.316 e. The van der Waals surface area contributed by atoms with E-state index in [-0.39, 0.29) is 0 Å². The summed E-state index contributed by atoms with van der Waals surface area (Å²) in [6, 6.07) is 0. The van der Waals surface area contributed by atoms with Crippen molar-refractivity contribution in [2.75, 3.05) is 13.1 Å². The zero-order valence-corrected chi connectivity index (χ0v) is 14.5. The first-order chi connectivity index (χ1) is 10.2. The Morgan fingerprint density at radius 2 is 2.14 bits per heavy atom. The van der Waals surface area contributed by atoms with E-state index in [0.717, 1.165) is 24.0 Å². The quantitative estimate of drug-likeness (QED) is 0.758. The smallest absolute Gasteiger partial charge is 0.0820 e. The molecule has 0 bridgehead atoms. The third-order valence-electron chi connectivity index (χ3n) is 4.92. The molecule has 1 aliphatic rings. The highest BCUT2D eigenvalue weighted by Gasteiger charge is 2.33. The van der Waals surface area contributed by atoms with Gasteiger partial charge in [0, 0.05) is 13.0 Å². The molecule has 21 heavy (non-hydrogen) atoms. The summed E-state index contributed by atoms with van der Waals surface area (Å²) in [5.41, 5.74) is 1.25. The van der Waals surface area contributed by atoms with Gasteiger partial charge in [-0.25, -0.2) is 0 Å². The summed E-state index contributed by atoms with van der Waals surface area (Å²) in [6.45, 7) is 6.74. The van der Waals surface area contributed by atoms with E-state index >= 15 is 0 Å².